The van der Waals surface area contributed by atoms with Crippen LogP contribution in [0.3, 0.4) is 0 Å². The summed E-state index contributed by atoms with van der Waals surface area (Å²) in [6.45, 7) is 2.18. The van der Waals surface area contributed by atoms with Crippen LogP contribution in [0.15, 0.2) is 12.1 Å². The molecule has 0 bridgehead atoms. The summed E-state index contributed by atoms with van der Waals surface area (Å²) >= 11 is 4.16. The van der Waals surface area contributed by atoms with E-state index in [2.05, 4.69) is 51.9 Å². The fraction of sp³-hybridized carbons (Fsp3) is 0.429. The number of rotatable bonds is 4. The average Bonchev–Trinajstić information content (AvgIpc) is 3.16. The molecule has 1 fully saturated rings. The lowest BCUT2D eigenvalue weighted by molar-refractivity contribution is 0.981. The number of halogens is 1. The molecule has 5 heteroatoms. The molecule has 100 valence electrons. The summed E-state index contributed by atoms with van der Waals surface area (Å²) in [5.74, 6) is 2.47. The van der Waals surface area contributed by atoms with Gasteiger partial charge in [0.1, 0.15) is 5.82 Å². The number of aromatic nitrogens is 2. The lowest BCUT2D eigenvalue weighted by atomic mass is 10.2. The van der Waals surface area contributed by atoms with Gasteiger partial charge in [-0.25, -0.2) is 9.97 Å². The zero-order chi connectivity index (χ0) is 13.4. The normalized spacial score (nSPS) is 14.7. The van der Waals surface area contributed by atoms with Crippen molar-refractivity contribution in [3.8, 4) is 10.7 Å². The van der Waals surface area contributed by atoms with E-state index in [1.165, 1.54) is 31.9 Å². The molecule has 2 aromatic heterocycles. The molecule has 3 rings (SSSR count). The fourth-order valence-electron chi connectivity index (χ4n) is 2.06. The molecule has 0 aromatic carbocycles. The maximum atomic E-state index is 4.81. The molecule has 0 spiro atoms. The average molecular weight is 385 g/mol. The Kier molecular flexibility index (Phi) is 3.75. The molecular weight excluding hydrogens is 369 g/mol. The lowest BCUT2D eigenvalue weighted by Gasteiger charge is -2.09. The summed E-state index contributed by atoms with van der Waals surface area (Å²) < 4.78 is 1.18. The van der Waals surface area contributed by atoms with E-state index in [4.69, 9.17) is 4.98 Å². The highest BCUT2D eigenvalue weighted by Gasteiger charge is 2.29. The molecule has 1 N–H and O–H groups in total. The highest BCUT2D eigenvalue weighted by atomic mass is 127. The van der Waals surface area contributed by atoms with E-state index in [-0.39, 0.29) is 0 Å². The van der Waals surface area contributed by atoms with E-state index < -0.39 is 0 Å². The largest absolute Gasteiger partial charge is 0.372 e. The van der Waals surface area contributed by atoms with Crippen LogP contribution in [-0.4, -0.2) is 17.0 Å². The van der Waals surface area contributed by atoms with Crippen LogP contribution >= 0.6 is 33.9 Å². The second kappa shape index (κ2) is 5.36. The topological polar surface area (TPSA) is 37.8 Å². The van der Waals surface area contributed by atoms with Crippen LogP contribution in [0.5, 0.6) is 0 Å². The van der Waals surface area contributed by atoms with Gasteiger partial charge >= 0.3 is 0 Å². The number of nitrogens with zero attached hydrogens (tertiary/aromatic N) is 2. The molecule has 1 aliphatic carbocycles. The fourth-order valence-corrected chi connectivity index (χ4v) is 3.89. The first-order valence-corrected chi connectivity index (χ1v) is 8.46. The summed E-state index contributed by atoms with van der Waals surface area (Å²) in [5, 5.41) is 3.20. The van der Waals surface area contributed by atoms with Gasteiger partial charge in [-0.15, -0.1) is 11.3 Å². The maximum Gasteiger partial charge on any atom is 0.171 e. The predicted molar refractivity (Wildman–Crippen MR) is 89.0 cm³/mol. The summed E-state index contributed by atoms with van der Waals surface area (Å²) in [5.41, 5.74) is 1.22. The quantitative estimate of drug-likeness (QED) is 0.798. The molecule has 0 radical (unpaired) electrons. The first kappa shape index (κ1) is 13.3. The Bertz CT molecular complexity index is 605. The second-order valence-corrected chi connectivity index (χ2v) is 6.99. The molecule has 2 aromatic rings. The minimum Gasteiger partial charge on any atom is -0.372 e. The molecule has 0 aliphatic heterocycles. The third-order valence-electron chi connectivity index (χ3n) is 3.31. The van der Waals surface area contributed by atoms with Gasteiger partial charge in [-0.3, -0.25) is 0 Å². The number of thiophene rings is 1. The van der Waals surface area contributed by atoms with Crippen LogP contribution in [-0.2, 0) is 6.42 Å². The number of hydrogen-bond acceptors (Lipinski definition) is 4. The molecular formula is C14H16IN3S. The third kappa shape index (κ3) is 2.63. The molecule has 0 saturated heterocycles. The smallest absolute Gasteiger partial charge is 0.171 e. The zero-order valence-corrected chi connectivity index (χ0v) is 14.0. The summed E-state index contributed by atoms with van der Waals surface area (Å²) in [4.78, 5) is 12.0. The summed E-state index contributed by atoms with van der Waals surface area (Å²) in [6.07, 6.45) is 3.60. The summed E-state index contributed by atoms with van der Waals surface area (Å²) in [7, 11) is 1.93. The van der Waals surface area contributed by atoms with Crippen LogP contribution in [0.4, 0.5) is 5.82 Å². The van der Waals surface area contributed by atoms with E-state index in [9.17, 15) is 0 Å². The Morgan fingerprint density at radius 1 is 1.37 bits per heavy atom. The molecule has 0 atom stereocenters. The van der Waals surface area contributed by atoms with Crippen molar-refractivity contribution in [1.29, 1.82) is 0 Å². The minimum absolute atomic E-state index is 0.645. The van der Waals surface area contributed by atoms with Crippen molar-refractivity contribution >= 4 is 39.7 Å². The summed E-state index contributed by atoms with van der Waals surface area (Å²) in [6, 6.07) is 4.32. The van der Waals surface area contributed by atoms with Gasteiger partial charge in [0.15, 0.2) is 5.82 Å². The first-order chi connectivity index (χ1) is 9.22. The van der Waals surface area contributed by atoms with Gasteiger partial charge in [-0.05, 0) is 54.0 Å². The lowest BCUT2D eigenvalue weighted by Crippen LogP contribution is -2.04. The van der Waals surface area contributed by atoms with Gasteiger partial charge in [-0.2, -0.15) is 0 Å². The molecule has 2 heterocycles. The van der Waals surface area contributed by atoms with E-state index >= 15 is 0 Å². The van der Waals surface area contributed by atoms with Crippen LogP contribution in [0.1, 0.15) is 36.3 Å². The zero-order valence-electron chi connectivity index (χ0n) is 11.0. The Labute approximate surface area is 131 Å². The van der Waals surface area contributed by atoms with Crippen molar-refractivity contribution in [2.75, 3.05) is 12.4 Å². The van der Waals surface area contributed by atoms with Gasteiger partial charge in [0.05, 0.1) is 14.1 Å². The molecule has 19 heavy (non-hydrogen) atoms. The highest BCUT2D eigenvalue weighted by molar-refractivity contribution is 14.1. The van der Waals surface area contributed by atoms with Gasteiger partial charge in [0.25, 0.3) is 0 Å². The Morgan fingerprint density at radius 2 is 2.16 bits per heavy atom. The van der Waals surface area contributed by atoms with Gasteiger partial charge < -0.3 is 5.32 Å². The number of nitrogens with one attached hydrogen (secondary N) is 1. The standard InChI is InChI=1S/C14H16IN3S/c1-3-9-6-7-10(19-9)13-17-12(8-4-5-8)11(15)14(16-2)18-13/h6-8H,3-5H2,1-2H3,(H,16,17,18). The van der Waals surface area contributed by atoms with Gasteiger partial charge in [0.2, 0.25) is 0 Å². The van der Waals surface area contributed by atoms with E-state index in [0.717, 1.165) is 18.1 Å². The molecule has 0 unspecified atom stereocenters. The van der Waals surface area contributed by atoms with Crippen molar-refractivity contribution < 1.29 is 0 Å². The van der Waals surface area contributed by atoms with Crippen LogP contribution in [0, 0.1) is 3.57 Å². The molecule has 1 aliphatic rings. The monoisotopic (exact) mass is 385 g/mol. The van der Waals surface area contributed by atoms with Crippen molar-refractivity contribution in [3.05, 3.63) is 26.3 Å². The van der Waals surface area contributed by atoms with Crippen LogP contribution in [0.2, 0.25) is 0 Å². The molecule has 1 saturated carbocycles. The second-order valence-electron chi connectivity index (χ2n) is 4.74. The van der Waals surface area contributed by atoms with E-state index in [0.29, 0.717) is 5.92 Å². The minimum atomic E-state index is 0.645. The number of hydrogen-bond donors (Lipinski definition) is 1. The Morgan fingerprint density at radius 3 is 2.74 bits per heavy atom. The van der Waals surface area contributed by atoms with Crippen LogP contribution < -0.4 is 5.32 Å². The van der Waals surface area contributed by atoms with E-state index in [1.54, 1.807) is 11.3 Å². The van der Waals surface area contributed by atoms with Crippen LogP contribution in [0.25, 0.3) is 10.7 Å². The first-order valence-electron chi connectivity index (χ1n) is 6.57. The van der Waals surface area contributed by atoms with E-state index in [1.807, 2.05) is 7.05 Å². The highest BCUT2D eigenvalue weighted by Crippen LogP contribution is 2.43. The SMILES string of the molecule is CCc1ccc(-c2nc(NC)c(I)c(C3CC3)n2)s1. The third-order valence-corrected chi connectivity index (χ3v) is 5.60. The van der Waals surface area contributed by atoms with Crippen molar-refractivity contribution in [1.82, 2.24) is 9.97 Å². The van der Waals surface area contributed by atoms with Crippen molar-refractivity contribution in [2.45, 2.75) is 32.1 Å². The predicted octanol–water partition coefficient (Wildman–Crippen LogP) is 4.29. The number of aryl methyl sites for hydroxylation is 1. The van der Waals surface area contributed by atoms with Crippen molar-refractivity contribution in [3.63, 3.8) is 0 Å². The Hall–Kier alpha value is -0.690. The maximum absolute atomic E-state index is 4.81. The van der Waals surface area contributed by atoms with Gasteiger partial charge in [-0.1, -0.05) is 6.92 Å². The van der Waals surface area contributed by atoms with Gasteiger partial charge in [0, 0.05) is 17.8 Å². The van der Waals surface area contributed by atoms with Crippen molar-refractivity contribution in [2.24, 2.45) is 0 Å². The number of anilines is 1. The molecule has 0 amide bonds. The molecule has 3 nitrogen and oxygen atoms in total. The Balaban J connectivity index is 2.07.